The van der Waals surface area contributed by atoms with Gasteiger partial charge in [-0.3, -0.25) is 0 Å². The van der Waals surface area contributed by atoms with Crippen LogP contribution in [0.4, 0.5) is 5.82 Å². The highest BCUT2D eigenvalue weighted by Gasteiger charge is 2.18. The maximum atomic E-state index is 6.06. The van der Waals surface area contributed by atoms with Gasteiger partial charge in [0.05, 0.1) is 18.1 Å². The molecular weight excluding hydrogens is 326 g/mol. The Morgan fingerprint density at radius 3 is 2.46 bits per heavy atom. The van der Waals surface area contributed by atoms with Gasteiger partial charge in [0.25, 0.3) is 0 Å². The Labute approximate surface area is 150 Å². The van der Waals surface area contributed by atoms with Gasteiger partial charge in [-0.05, 0) is 36.4 Å². The Morgan fingerprint density at radius 1 is 0.962 bits per heavy atom. The van der Waals surface area contributed by atoms with E-state index in [-0.39, 0.29) is 0 Å². The molecule has 0 aliphatic heterocycles. The number of fused-ring (bicyclic) bond motifs is 1. The molecule has 2 heterocycles. The summed E-state index contributed by atoms with van der Waals surface area (Å²) in [6, 6.07) is 17.3. The molecule has 0 saturated heterocycles. The first-order valence-corrected chi connectivity index (χ1v) is 8.00. The Kier molecular flexibility index (Phi) is 4.00. The normalized spacial score (nSPS) is 10.3. The summed E-state index contributed by atoms with van der Waals surface area (Å²) in [6.07, 6.45) is 1.38. The second-order valence-electron chi connectivity index (χ2n) is 5.59. The Hall–Kier alpha value is -3.78. The van der Waals surface area contributed by atoms with E-state index in [0.717, 1.165) is 16.9 Å². The van der Waals surface area contributed by atoms with Crippen LogP contribution >= 0.6 is 0 Å². The second kappa shape index (κ2) is 6.61. The zero-order chi connectivity index (χ0) is 17.9. The third-order valence-corrected chi connectivity index (χ3v) is 3.98. The molecule has 5 heteroatoms. The number of anilines is 1. The summed E-state index contributed by atoms with van der Waals surface area (Å²) in [5, 5.41) is 0.627. The van der Waals surface area contributed by atoms with E-state index >= 15 is 0 Å². The minimum absolute atomic E-state index is 0.343. The molecule has 0 amide bonds. The molecular formula is C21H15N3O2. The molecule has 4 aromatic rings. The third-order valence-electron chi connectivity index (χ3n) is 3.98. The SMILES string of the molecule is COc1ccc(-c2oc3ncnc(N)c3c2C#Cc2ccccc2)cc1. The fourth-order valence-electron chi connectivity index (χ4n) is 2.68. The van der Waals surface area contributed by atoms with Crippen LogP contribution in [0.25, 0.3) is 22.4 Å². The number of nitrogens with zero attached hydrogens (tertiary/aromatic N) is 2. The number of aromatic nitrogens is 2. The number of rotatable bonds is 2. The number of hydrogen-bond acceptors (Lipinski definition) is 5. The van der Waals surface area contributed by atoms with E-state index in [0.29, 0.717) is 28.2 Å². The highest BCUT2D eigenvalue weighted by atomic mass is 16.5. The number of nitrogen functional groups attached to an aromatic ring is 1. The van der Waals surface area contributed by atoms with E-state index in [1.165, 1.54) is 6.33 Å². The first kappa shape index (κ1) is 15.7. The molecule has 0 atom stereocenters. The Morgan fingerprint density at radius 2 is 1.73 bits per heavy atom. The van der Waals surface area contributed by atoms with E-state index in [2.05, 4.69) is 21.8 Å². The molecule has 0 radical (unpaired) electrons. The summed E-state index contributed by atoms with van der Waals surface area (Å²) in [5.74, 6) is 8.06. The molecule has 2 aromatic heterocycles. The number of ether oxygens (including phenoxy) is 1. The lowest BCUT2D eigenvalue weighted by Crippen LogP contribution is -1.92. The van der Waals surface area contributed by atoms with E-state index in [1.807, 2.05) is 54.6 Å². The topological polar surface area (TPSA) is 74.2 Å². The minimum atomic E-state index is 0.343. The van der Waals surface area contributed by atoms with Gasteiger partial charge >= 0.3 is 0 Å². The zero-order valence-corrected chi connectivity index (χ0v) is 14.1. The average Bonchev–Trinajstić information content (AvgIpc) is 3.07. The fraction of sp³-hybridized carbons (Fsp3) is 0.0476. The Bertz CT molecular complexity index is 1120. The quantitative estimate of drug-likeness (QED) is 0.560. The number of hydrogen-bond donors (Lipinski definition) is 1. The predicted molar refractivity (Wildman–Crippen MR) is 101 cm³/mol. The number of methoxy groups -OCH3 is 1. The molecule has 2 aromatic carbocycles. The number of nitrogens with two attached hydrogens (primary N) is 1. The van der Waals surface area contributed by atoms with Crippen molar-refractivity contribution in [3.8, 4) is 28.9 Å². The standard InChI is InChI=1S/C21H15N3O2/c1-25-16-10-8-15(9-11-16)19-17(12-7-14-5-3-2-4-6-14)18-20(22)23-13-24-21(18)26-19/h2-6,8-11,13H,1H3,(H2,22,23,24). The molecule has 4 rings (SSSR count). The summed E-state index contributed by atoms with van der Waals surface area (Å²) in [4.78, 5) is 8.26. The van der Waals surface area contributed by atoms with Crippen molar-refractivity contribution in [3.05, 3.63) is 72.1 Å². The van der Waals surface area contributed by atoms with E-state index in [1.54, 1.807) is 7.11 Å². The van der Waals surface area contributed by atoms with Gasteiger partial charge in [0.1, 0.15) is 17.9 Å². The third kappa shape index (κ3) is 2.85. The van der Waals surface area contributed by atoms with Crippen molar-refractivity contribution in [2.24, 2.45) is 0 Å². The smallest absolute Gasteiger partial charge is 0.233 e. The molecule has 5 nitrogen and oxygen atoms in total. The van der Waals surface area contributed by atoms with Crippen molar-refractivity contribution >= 4 is 16.9 Å². The number of furan rings is 1. The molecule has 126 valence electrons. The Balaban J connectivity index is 1.92. The molecule has 0 fully saturated rings. The van der Waals surface area contributed by atoms with Crippen LogP contribution in [-0.2, 0) is 0 Å². The molecule has 0 bridgehead atoms. The summed E-state index contributed by atoms with van der Waals surface area (Å²) < 4.78 is 11.2. The molecule has 0 aliphatic rings. The van der Waals surface area contributed by atoms with Gasteiger partial charge < -0.3 is 14.9 Å². The van der Waals surface area contributed by atoms with E-state index in [9.17, 15) is 0 Å². The van der Waals surface area contributed by atoms with Crippen molar-refractivity contribution in [2.45, 2.75) is 0 Å². The van der Waals surface area contributed by atoms with Crippen LogP contribution in [0.2, 0.25) is 0 Å². The number of benzene rings is 2. The molecule has 0 spiro atoms. The van der Waals surface area contributed by atoms with E-state index < -0.39 is 0 Å². The average molecular weight is 341 g/mol. The lowest BCUT2D eigenvalue weighted by Gasteiger charge is -2.01. The van der Waals surface area contributed by atoms with Crippen LogP contribution < -0.4 is 10.5 Å². The first-order chi connectivity index (χ1) is 12.8. The maximum absolute atomic E-state index is 6.06. The monoisotopic (exact) mass is 341 g/mol. The largest absolute Gasteiger partial charge is 0.497 e. The first-order valence-electron chi connectivity index (χ1n) is 8.00. The van der Waals surface area contributed by atoms with Gasteiger partial charge in [0.2, 0.25) is 5.71 Å². The van der Waals surface area contributed by atoms with Gasteiger partial charge in [-0.25, -0.2) is 9.97 Å². The summed E-state index contributed by atoms with van der Waals surface area (Å²) in [5.41, 5.74) is 8.92. The van der Waals surface area contributed by atoms with Gasteiger partial charge in [0, 0.05) is 11.1 Å². The molecule has 0 aliphatic carbocycles. The van der Waals surface area contributed by atoms with Crippen molar-refractivity contribution in [1.29, 1.82) is 0 Å². The van der Waals surface area contributed by atoms with Gasteiger partial charge in [-0.15, -0.1) is 0 Å². The van der Waals surface area contributed by atoms with Crippen LogP contribution in [0.3, 0.4) is 0 Å². The predicted octanol–water partition coefficient (Wildman–Crippen LogP) is 3.88. The minimum Gasteiger partial charge on any atom is -0.497 e. The van der Waals surface area contributed by atoms with Crippen LogP contribution in [0, 0.1) is 11.8 Å². The van der Waals surface area contributed by atoms with Crippen molar-refractivity contribution < 1.29 is 9.15 Å². The zero-order valence-electron chi connectivity index (χ0n) is 14.1. The van der Waals surface area contributed by atoms with Crippen LogP contribution in [0.15, 0.2) is 65.3 Å². The van der Waals surface area contributed by atoms with Gasteiger partial charge in [0.15, 0.2) is 5.76 Å². The molecule has 0 saturated carbocycles. The van der Waals surface area contributed by atoms with Crippen LogP contribution in [0.1, 0.15) is 11.1 Å². The maximum Gasteiger partial charge on any atom is 0.233 e. The summed E-state index contributed by atoms with van der Waals surface area (Å²) >= 11 is 0. The molecule has 0 unspecified atom stereocenters. The fourth-order valence-corrected chi connectivity index (χ4v) is 2.68. The lowest BCUT2D eigenvalue weighted by molar-refractivity contribution is 0.415. The molecule has 26 heavy (non-hydrogen) atoms. The van der Waals surface area contributed by atoms with Crippen LogP contribution in [-0.4, -0.2) is 17.1 Å². The van der Waals surface area contributed by atoms with Crippen molar-refractivity contribution in [1.82, 2.24) is 9.97 Å². The van der Waals surface area contributed by atoms with Gasteiger partial charge in [-0.1, -0.05) is 30.0 Å². The molecule has 2 N–H and O–H groups in total. The summed E-state index contributed by atoms with van der Waals surface area (Å²) in [6.45, 7) is 0. The highest BCUT2D eigenvalue weighted by Crippen LogP contribution is 2.34. The summed E-state index contributed by atoms with van der Waals surface area (Å²) in [7, 11) is 1.63. The highest BCUT2D eigenvalue weighted by molar-refractivity contribution is 5.96. The lowest BCUT2D eigenvalue weighted by atomic mass is 10.1. The van der Waals surface area contributed by atoms with Crippen molar-refractivity contribution in [2.75, 3.05) is 12.8 Å². The second-order valence-corrected chi connectivity index (χ2v) is 5.59. The van der Waals surface area contributed by atoms with E-state index in [4.69, 9.17) is 14.9 Å². The van der Waals surface area contributed by atoms with Crippen LogP contribution in [0.5, 0.6) is 5.75 Å². The van der Waals surface area contributed by atoms with Crippen molar-refractivity contribution in [3.63, 3.8) is 0 Å². The van der Waals surface area contributed by atoms with Gasteiger partial charge in [-0.2, -0.15) is 0 Å².